The molecule has 1 aromatic heterocycles. The van der Waals surface area contributed by atoms with Crippen molar-refractivity contribution in [2.45, 2.75) is 46.4 Å². The number of imidazole rings is 1. The van der Waals surface area contributed by atoms with Crippen molar-refractivity contribution in [3.8, 4) is 11.4 Å². The maximum Gasteiger partial charge on any atom is 0.410 e. The van der Waals surface area contributed by atoms with Gasteiger partial charge in [-0.15, -0.1) is 0 Å². The Morgan fingerprint density at radius 2 is 1.87 bits per heavy atom. The summed E-state index contributed by atoms with van der Waals surface area (Å²) in [6.45, 7) is 8.93. The molecule has 0 fully saturated rings. The molecule has 2 heterocycles. The summed E-state index contributed by atoms with van der Waals surface area (Å²) in [7, 11) is 1.99. The molecule has 1 amide bonds. The molecular weight excluding hydrogens is 290 g/mol. The molecule has 0 spiro atoms. The van der Waals surface area contributed by atoms with Crippen LogP contribution in [0.3, 0.4) is 0 Å². The van der Waals surface area contributed by atoms with Crippen LogP contribution in [0.15, 0.2) is 24.5 Å². The van der Waals surface area contributed by atoms with Gasteiger partial charge in [0.15, 0.2) is 0 Å². The zero-order valence-corrected chi connectivity index (χ0v) is 14.4. The first-order valence-electron chi connectivity index (χ1n) is 7.82. The third-order valence-electron chi connectivity index (χ3n) is 3.98. The van der Waals surface area contributed by atoms with Crippen LogP contribution in [0, 0.1) is 6.92 Å². The lowest BCUT2D eigenvalue weighted by molar-refractivity contribution is 0.0242. The summed E-state index contributed by atoms with van der Waals surface area (Å²) in [6, 6.07) is 4.31. The fourth-order valence-electron chi connectivity index (χ4n) is 2.90. The average Bonchev–Trinajstić information content (AvgIpc) is 3.01. The summed E-state index contributed by atoms with van der Waals surface area (Å²) in [4.78, 5) is 18.4. The zero-order valence-electron chi connectivity index (χ0n) is 14.4. The van der Waals surface area contributed by atoms with Gasteiger partial charge in [-0.3, -0.25) is 4.90 Å². The molecule has 2 aromatic rings. The molecule has 5 nitrogen and oxygen atoms in total. The van der Waals surface area contributed by atoms with Gasteiger partial charge in [-0.05, 0) is 50.5 Å². The van der Waals surface area contributed by atoms with Crippen LogP contribution in [-0.2, 0) is 24.9 Å². The molecule has 0 saturated heterocycles. The smallest absolute Gasteiger partial charge is 0.410 e. The zero-order chi connectivity index (χ0) is 16.8. The molecule has 0 saturated carbocycles. The quantitative estimate of drug-likeness (QED) is 0.807. The maximum absolute atomic E-state index is 12.3. The molecule has 0 bridgehead atoms. The predicted octanol–water partition coefficient (Wildman–Crippen LogP) is 3.65. The molecule has 122 valence electrons. The van der Waals surface area contributed by atoms with Crippen molar-refractivity contribution in [1.29, 1.82) is 0 Å². The van der Waals surface area contributed by atoms with Crippen LogP contribution in [0.5, 0.6) is 0 Å². The number of benzene rings is 1. The van der Waals surface area contributed by atoms with Gasteiger partial charge in [-0.25, -0.2) is 9.78 Å². The highest BCUT2D eigenvalue weighted by Gasteiger charge is 2.28. The SMILES string of the molecule is Cc1cc2c(cc1-c1nccn1C)CN(C(=O)OC(C)(C)C)C2. The molecule has 23 heavy (non-hydrogen) atoms. The summed E-state index contributed by atoms with van der Waals surface area (Å²) in [5.41, 5.74) is 4.16. The molecule has 0 N–H and O–H groups in total. The third-order valence-corrected chi connectivity index (χ3v) is 3.98. The highest BCUT2D eigenvalue weighted by atomic mass is 16.6. The Hall–Kier alpha value is -2.30. The van der Waals surface area contributed by atoms with Gasteiger partial charge in [-0.1, -0.05) is 6.07 Å². The summed E-state index contributed by atoms with van der Waals surface area (Å²) in [6.07, 6.45) is 3.48. The minimum Gasteiger partial charge on any atom is -0.444 e. The van der Waals surface area contributed by atoms with Crippen molar-refractivity contribution < 1.29 is 9.53 Å². The number of hydrogen-bond acceptors (Lipinski definition) is 3. The Morgan fingerprint density at radius 1 is 1.22 bits per heavy atom. The molecule has 0 aliphatic carbocycles. The van der Waals surface area contributed by atoms with Gasteiger partial charge in [-0.2, -0.15) is 0 Å². The van der Waals surface area contributed by atoms with E-state index in [1.165, 1.54) is 16.7 Å². The number of aromatic nitrogens is 2. The highest BCUT2D eigenvalue weighted by molar-refractivity contribution is 5.71. The van der Waals surface area contributed by atoms with Crippen LogP contribution in [0.25, 0.3) is 11.4 Å². The summed E-state index contributed by atoms with van der Waals surface area (Å²) >= 11 is 0. The van der Waals surface area contributed by atoms with Crippen LogP contribution >= 0.6 is 0 Å². The van der Waals surface area contributed by atoms with E-state index in [-0.39, 0.29) is 6.09 Å². The largest absolute Gasteiger partial charge is 0.444 e. The van der Waals surface area contributed by atoms with Gasteiger partial charge in [0.2, 0.25) is 0 Å². The lowest BCUT2D eigenvalue weighted by Gasteiger charge is -2.24. The summed E-state index contributed by atoms with van der Waals surface area (Å²) in [5, 5.41) is 0. The number of ether oxygens (including phenoxy) is 1. The van der Waals surface area contributed by atoms with E-state index in [9.17, 15) is 4.79 Å². The Morgan fingerprint density at radius 3 is 2.43 bits per heavy atom. The average molecular weight is 313 g/mol. The van der Waals surface area contributed by atoms with E-state index < -0.39 is 5.60 Å². The summed E-state index contributed by atoms with van der Waals surface area (Å²) in [5.74, 6) is 0.945. The van der Waals surface area contributed by atoms with Crippen molar-refractivity contribution in [2.75, 3.05) is 0 Å². The lowest BCUT2D eigenvalue weighted by atomic mass is 10.0. The predicted molar refractivity (Wildman–Crippen MR) is 88.9 cm³/mol. The van der Waals surface area contributed by atoms with Gasteiger partial charge in [0.25, 0.3) is 0 Å². The van der Waals surface area contributed by atoms with Crippen molar-refractivity contribution in [3.05, 3.63) is 41.2 Å². The normalized spacial score (nSPS) is 14.0. The topological polar surface area (TPSA) is 47.4 Å². The minimum atomic E-state index is -0.472. The standard InChI is InChI=1S/C18H23N3O2/c1-12-8-13-10-21(17(22)23-18(2,3)4)11-14(13)9-15(12)16-19-6-7-20(16)5/h6-9H,10-11H2,1-5H3. The lowest BCUT2D eigenvalue weighted by Crippen LogP contribution is -2.33. The van der Waals surface area contributed by atoms with E-state index in [0.29, 0.717) is 13.1 Å². The fourth-order valence-corrected chi connectivity index (χ4v) is 2.90. The van der Waals surface area contributed by atoms with Gasteiger partial charge in [0.1, 0.15) is 11.4 Å². The molecule has 1 aromatic carbocycles. The highest BCUT2D eigenvalue weighted by Crippen LogP contribution is 2.31. The Balaban J connectivity index is 1.87. The van der Waals surface area contributed by atoms with Crippen molar-refractivity contribution >= 4 is 6.09 Å². The van der Waals surface area contributed by atoms with Crippen LogP contribution in [0.2, 0.25) is 0 Å². The first-order valence-corrected chi connectivity index (χ1v) is 7.82. The van der Waals surface area contributed by atoms with Crippen LogP contribution in [-0.4, -0.2) is 26.1 Å². The first kappa shape index (κ1) is 15.6. The molecule has 0 unspecified atom stereocenters. The molecular formula is C18H23N3O2. The number of fused-ring (bicyclic) bond motifs is 1. The summed E-state index contributed by atoms with van der Waals surface area (Å²) < 4.78 is 7.48. The van der Waals surface area contributed by atoms with E-state index in [4.69, 9.17) is 4.74 Å². The second-order valence-electron chi connectivity index (χ2n) is 7.13. The number of aryl methyl sites for hydroxylation is 2. The number of hydrogen-bond donors (Lipinski definition) is 0. The van der Waals surface area contributed by atoms with Crippen molar-refractivity contribution in [2.24, 2.45) is 7.05 Å². The molecule has 1 aliphatic heterocycles. The van der Waals surface area contributed by atoms with Crippen LogP contribution in [0.4, 0.5) is 4.79 Å². The molecule has 3 rings (SSSR count). The Bertz CT molecular complexity index is 756. The first-order chi connectivity index (χ1) is 10.7. The second-order valence-corrected chi connectivity index (χ2v) is 7.13. The van der Waals surface area contributed by atoms with Crippen molar-refractivity contribution in [1.82, 2.24) is 14.5 Å². The number of amides is 1. The number of carbonyl (C=O) groups excluding carboxylic acids is 1. The fraction of sp³-hybridized carbons (Fsp3) is 0.444. The van der Waals surface area contributed by atoms with Gasteiger partial charge in [0, 0.05) is 38.1 Å². The maximum atomic E-state index is 12.3. The Kier molecular flexibility index (Phi) is 3.66. The monoisotopic (exact) mass is 313 g/mol. The minimum absolute atomic E-state index is 0.259. The van der Waals surface area contributed by atoms with E-state index in [2.05, 4.69) is 24.0 Å². The van der Waals surface area contributed by atoms with Crippen LogP contribution in [0.1, 0.15) is 37.5 Å². The van der Waals surface area contributed by atoms with E-state index in [1.54, 1.807) is 11.1 Å². The van der Waals surface area contributed by atoms with E-state index >= 15 is 0 Å². The van der Waals surface area contributed by atoms with Gasteiger partial charge in [0.05, 0.1) is 0 Å². The third kappa shape index (κ3) is 3.09. The number of nitrogens with zero attached hydrogens (tertiary/aromatic N) is 3. The number of carbonyl (C=O) groups is 1. The molecule has 1 aliphatic rings. The Labute approximate surface area is 136 Å². The number of rotatable bonds is 1. The van der Waals surface area contributed by atoms with Gasteiger partial charge < -0.3 is 9.30 Å². The van der Waals surface area contributed by atoms with Gasteiger partial charge >= 0.3 is 6.09 Å². The molecule has 0 atom stereocenters. The molecule has 5 heteroatoms. The second kappa shape index (κ2) is 5.41. The van der Waals surface area contributed by atoms with E-state index in [1.807, 2.05) is 38.6 Å². The van der Waals surface area contributed by atoms with Crippen molar-refractivity contribution in [3.63, 3.8) is 0 Å². The van der Waals surface area contributed by atoms with E-state index in [0.717, 1.165) is 11.4 Å². The molecule has 0 radical (unpaired) electrons. The van der Waals surface area contributed by atoms with Crippen LogP contribution < -0.4 is 0 Å².